The zero-order valence-electron chi connectivity index (χ0n) is 21.7. The van der Waals surface area contributed by atoms with Gasteiger partial charge in [-0.3, -0.25) is 14.2 Å². The van der Waals surface area contributed by atoms with Crippen molar-refractivity contribution in [2.75, 3.05) is 26.0 Å². The lowest BCUT2D eigenvalue weighted by Crippen LogP contribution is -2.28. The second-order valence-corrected chi connectivity index (χ2v) is 10.6. The zero-order chi connectivity index (χ0) is 27.3. The number of hydrogen-bond donors (Lipinski definition) is 2. The summed E-state index contributed by atoms with van der Waals surface area (Å²) in [6.45, 7) is 2.39. The number of phosphoric ester groups is 1. The van der Waals surface area contributed by atoms with Gasteiger partial charge < -0.3 is 29.4 Å². The van der Waals surface area contributed by atoms with Crippen molar-refractivity contribution >= 4 is 36.2 Å². The Morgan fingerprint density at radius 3 is 2.41 bits per heavy atom. The molecular weight excluding hydrogens is 499 g/mol. The lowest BCUT2D eigenvalue weighted by Gasteiger charge is -2.19. The smallest absolute Gasteiger partial charge is 0.340 e. The second-order valence-electron chi connectivity index (χ2n) is 9.11. The molecule has 0 aliphatic carbocycles. The normalized spacial score (nSPS) is 12.9. The van der Waals surface area contributed by atoms with Gasteiger partial charge in [-0.05, 0) is 50.3 Å². The number of nitrogens with two attached hydrogens (primary N) is 1. The summed E-state index contributed by atoms with van der Waals surface area (Å²) in [6.07, 6.45) is 7.51. The lowest BCUT2D eigenvalue weighted by molar-refractivity contribution is -0.223. The third-order valence-corrected chi connectivity index (χ3v) is 7.12. The third-order valence-electron chi connectivity index (χ3n) is 6.18. The average molecular weight is 538 g/mol. The molecule has 1 amide bonds. The van der Waals surface area contributed by atoms with Crippen LogP contribution in [0.5, 0.6) is 0 Å². The maximum absolute atomic E-state index is 12.3. The molecule has 2 aromatic rings. The van der Waals surface area contributed by atoms with Gasteiger partial charge in [-0.25, -0.2) is 4.79 Å². The molecule has 0 saturated heterocycles. The van der Waals surface area contributed by atoms with Crippen molar-refractivity contribution in [3.63, 3.8) is 0 Å². The van der Waals surface area contributed by atoms with E-state index in [4.69, 9.17) is 10.2 Å². The maximum atomic E-state index is 12.3. The number of fused-ring (bicyclic) bond motifs is 1. The number of Topliss-reactive ketones (excluding diaryl/α,β-unsaturated/α-hetero) is 1. The van der Waals surface area contributed by atoms with Gasteiger partial charge in [-0.1, -0.05) is 25.7 Å². The predicted molar refractivity (Wildman–Crippen MR) is 140 cm³/mol. The van der Waals surface area contributed by atoms with Gasteiger partial charge in [-0.2, -0.15) is 0 Å². The number of unbranched alkanes of at least 4 members (excludes halogenated alkanes) is 6. The van der Waals surface area contributed by atoms with E-state index in [1.54, 1.807) is 25.1 Å². The van der Waals surface area contributed by atoms with Crippen molar-refractivity contribution in [3.8, 4) is 0 Å². The number of carbonyl (C=O) groups excluding carboxylic acids is 2. The van der Waals surface area contributed by atoms with Gasteiger partial charge in [-0.15, -0.1) is 0 Å². The van der Waals surface area contributed by atoms with Crippen LogP contribution in [0.2, 0.25) is 0 Å². The van der Waals surface area contributed by atoms with Crippen molar-refractivity contribution in [1.29, 1.82) is 0 Å². The molecule has 3 N–H and O–H groups in total. The van der Waals surface area contributed by atoms with E-state index in [1.165, 1.54) is 0 Å². The molecule has 1 aromatic carbocycles. The lowest BCUT2D eigenvalue weighted by atomic mass is 10.0. The van der Waals surface area contributed by atoms with E-state index in [2.05, 4.69) is 14.4 Å². The Hall–Kier alpha value is -2.52. The minimum atomic E-state index is -4.13. The number of nitrogen functional groups attached to an aromatic ring is 1. The Labute approximate surface area is 217 Å². The monoisotopic (exact) mass is 537 g/mol. The molecule has 1 atom stereocenters. The second kappa shape index (κ2) is 15.7. The predicted octanol–water partition coefficient (Wildman–Crippen LogP) is 3.94. The van der Waals surface area contributed by atoms with Crippen molar-refractivity contribution < 1.29 is 32.5 Å². The van der Waals surface area contributed by atoms with Crippen LogP contribution in [0.4, 0.5) is 5.69 Å². The number of ketones is 1. The number of nitrogens with one attached hydrogen (secondary N) is 1. The van der Waals surface area contributed by atoms with Crippen LogP contribution in [0.3, 0.4) is 0 Å². The molecule has 0 saturated carbocycles. The minimum Gasteiger partial charge on any atom is -0.756 e. The van der Waals surface area contributed by atoms with Gasteiger partial charge in [0.15, 0.2) is 0 Å². The molecule has 37 heavy (non-hydrogen) atoms. The third kappa shape index (κ3) is 11.2. The number of rotatable bonds is 18. The maximum Gasteiger partial charge on any atom is 0.340 e. The van der Waals surface area contributed by atoms with E-state index >= 15 is 0 Å². The van der Waals surface area contributed by atoms with Crippen LogP contribution in [0, 0.1) is 6.92 Å². The van der Waals surface area contributed by atoms with Gasteiger partial charge in [0.2, 0.25) is 5.91 Å². The zero-order valence-corrected chi connectivity index (χ0v) is 22.6. The van der Waals surface area contributed by atoms with E-state index in [0.29, 0.717) is 48.2 Å². The van der Waals surface area contributed by atoms with E-state index < -0.39 is 13.4 Å². The first-order chi connectivity index (χ1) is 17.6. The number of aryl methyl sites for hydroxylation is 1. The summed E-state index contributed by atoms with van der Waals surface area (Å²) >= 11 is 0. The van der Waals surface area contributed by atoms with Gasteiger partial charge in [0.1, 0.15) is 11.4 Å². The SMILES string of the molecule is COP(=O)([O-])OCCCCCCCC(=O)CCCCCNC(=O)Cc1c(C)c2ccc(N)cc2oc1=O. The molecule has 1 aromatic heterocycles. The average Bonchev–Trinajstić information content (AvgIpc) is 2.85. The highest BCUT2D eigenvalue weighted by Crippen LogP contribution is 2.36. The van der Waals surface area contributed by atoms with Crippen LogP contribution in [-0.4, -0.2) is 32.0 Å². The Kier molecular flexibility index (Phi) is 13.0. The molecule has 1 heterocycles. The standard InChI is InChI=1S/C26H39N2O8P/c1-19-22-14-13-20(27)17-24(22)36-26(31)23(19)18-25(30)28-15-9-6-8-12-21(29)11-7-4-3-5-10-16-35-37(32,33)34-2/h13-14,17H,3-12,15-16,18,27H2,1-2H3,(H,28,30)(H,32,33)/p-1. The number of anilines is 1. The number of amides is 1. The molecule has 0 aliphatic heterocycles. The molecule has 0 fully saturated rings. The summed E-state index contributed by atoms with van der Waals surface area (Å²) in [5.74, 6) is -0.00594. The van der Waals surface area contributed by atoms with Gasteiger partial charge in [0, 0.05) is 43.6 Å². The largest absolute Gasteiger partial charge is 0.756 e. The first kappa shape index (κ1) is 30.7. The Morgan fingerprint density at radius 2 is 1.70 bits per heavy atom. The molecule has 1 unspecified atom stereocenters. The van der Waals surface area contributed by atoms with E-state index in [0.717, 1.165) is 57.4 Å². The van der Waals surface area contributed by atoms with E-state index in [1.807, 2.05) is 0 Å². The summed E-state index contributed by atoms with van der Waals surface area (Å²) in [5.41, 5.74) is 7.17. The van der Waals surface area contributed by atoms with E-state index in [-0.39, 0.29) is 24.7 Å². The molecule has 206 valence electrons. The summed E-state index contributed by atoms with van der Waals surface area (Å²) in [6, 6.07) is 5.10. The summed E-state index contributed by atoms with van der Waals surface area (Å²) in [5, 5.41) is 3.59. The molecular formula is C26H38N2O8P-. The Balaban J connectivity index is 1.53. The number of carbonyl (C=O) groups is 2. The fourth-order valence-electron chi connectivity index (χ4n) is 4.00. The van der Waals surface area contributed by atoms with Crippen molar-refractivity contribution in [1.82, 2.24) is 5.32 Å². The summed E-state index contributed by atoms with van der Waals surface area (Å²) in [4.78, 5) is 47.7. The van der Waals surface area contributed by atoms with Crippen LogP contribution in [0.15, 0.2) is 27.4 Å². The van der Waals surface area contributed by atoms with Crippen LogP contribution in [-0.2, 0) is 29.6 Å². The molecule has 0 spiro atoms. The number of hydrogen-bond acceptors (Lipinski definition) is 9. The Bertz CT molecular complexity index is 1150. The quantitative estimate of drug-likeness (QED) is 0.124. The van der Waals surface area contributed by atoms with Crippen molar-refractivity contribution in [2.24, 2.45) is 0 Å². The van der Waals surface area contributed by atoms with Crippen LogP contribution in [0.1, 0.15) is 75.3 Å². The van der Waals surface area contributed by atoms with Gasteiger partial charge in [0.05, 0.1) is 18.6 Å². The molecule has 2 rings (SSSR count). The molecule has 10 nitrogen and oxygen atoms in total. The minimum absolute atomic E-state index is 0.0490. The fourth-order valence-corrected chi connectivity index (χ4v) is 4.46. The highest BCUT2D eigenvalue weighted by Gasteiger charge is 2.15. The van der Waals surface area contributed by atoms with Gasteiger partial charge >= 0.3 is 5.63 Å². The van der Waals surface area contributed by atoms with Crippen molar-refractivity contribution in [3.05, 3.63) is 39.7 Å². The molecule has 0 radical (unpaired) electrons. The topological polar surface area (TPSA) is 161 Å². The van der Waals surface area contributed by atoms with Crippen molar-refractivity contribution in [2.45, 2.75) is 77.6 Å². The summed E-state index contributed by atoms with van der Waals surface area (Å²) < 4.78 is 25.2. The highest BCUT2D eigenvalue weighted by molar-refractivity contribution is 7.45. The molecule has 0 aliphatic rings. The first-order valence-corrected chi connectivity index (χ1v) is 14.2. The first-order valence-electron chi connectivity index (χ1n) is 12.7. The highest BCUT2D eigenvalue weighted by atomic mass is 31.2. The Morgan fingerprint density at radius 1 is 1.05 bits per heavy atom. The number of phosphoric acid groups is 1. The molecule has 11 heteroatoms. The van der Waals surface area contributed by atoms with Crippen LogP contribution in [0.25, 0.3) is 11.0 Å². The molecule has 0 bridgehead atoms. The van der Waals surface area contributed by atoms with Gasteiger partial charge in [0.25, 0.3) is 7.82 Å². The van der Waals surface area contributed by atoms with Crippen LogP contribution >= 0.6 is 7.82 Å². The summed E-state index contributed by atoms with van der Waals surface area (Å²) in [7, 11) is -3.06. The number of benzene rings is 1. The van der Waals surface area contributed by atoms with Crippen LogP contribution < -0.4 is 21.6 Å². The fraction of sp³-hybridized carbons (Fsp3) is 0.577. The van der Waals surface area contributed by atoms with E-state index in [9.17, 15) is 23.8 Å².